The van der Waals surface area contributed by atoms with Crippen molar-refractivity contribution < 1.29 is 8.83 Å². The van der Waals surface area contributed by atoms with Crippen molar-refractivity contribution in [1.29, 1.82) is 0 Å². The van der Waals surface area contributed by atoms with Crippen molar-refractivity contribution in [1.82, 2.24) is 0 Å². The van der Waals surface area contributed by atoms with Crippen LogP contribution in [0.4, 0.5) is 34.1 Å². The number of benzene rings is 8. The first-order chi connectivity index (χ1) is 29.0. The fourth-order valence-corrected chi connectivity index (χ4v) is 10.8. The van der Waals surface area contributed by atoms with E-state index in [0.29, 0.717) is 0 Å². The van der Waals surface area contributed by atoms with Gasteiger partial charge < -0.3 is 18.6 Å². The second-order valence-corrected chi connectivity index (χ2v) is 28.0. The molecule has 2 aromatic heterocycles. The molecule has 0 spiro atoms. The predicted octanol–water partition coefficient (Wildman–Crippen LogP) is 15.2. The highest BCUT2D eigenvalue weighted by Gasteiger charge is 2.23. The average Bonchev–Trinajstić information content (AvgIpc) is 3.84. The molecule has 0 saturated heterocycles. The molecular formula is C54H48N2O2Si2. The molecule has 0 atom stereocenters. The van der Waals surface area contributed by atoms with Gasteiger partial charge in [0, 0.05) is 44.3 Å². The monoisotopic (exact) mass is 812 g/mol. The molecule has 0 radical (unpaired) electrons. The van der Waals surface area contributed by atoms with E-state index in [0.717, 1.165) is 89.1 Å². The van der Waals surface area contributed by atoms with Gasteiger partial charge in [-0.3, -0.25) is 0 Å². The van der Waals surface area contributed by atoms with Crippen molar-refractivity contribution >= 4 is 105 Å². The molecule has 0 aliphatic heterocycles. The van der Waals surface area contributed by atoms with Gasteiger partial charge in [-0.1, -0.05) is 159 Å². The van der Waals surface area contributed by atoms with Gasteiger partial charge in [0.15, 0.2) is 11.2 Å². The van der Waals surface area contributed by atoms with Crippen LogP contribution in [0.25, 0.3) is 55.0 Å². The van der Waals surface area contributed by atoms with Gasteiger partial charge >= 0.3 is 0 Å². The molecule has 0 aliphatic rings. The summed E-state index contributed by atoms with van der Waals surface area (Å²) in [7, 11) is -2.97. The zero-order valence-electron chi connectivity index (χ0n) is 35.0. The lowest BCUT2D eigenvalue weighted by molar-refractivity contribution is 0.668. The first-order valence-corrected chi connectivity index (χ1v) is 27.8. The Bertz CT molecular complexity index is 2930. The molecule has 6 heteroatoms. The Kier molecular flexibility index (Phi) is 9.15. The van der Waals surface area contributed by atoms with Gasteiger partial charge in [0.05, 0.1) is 27.5 Å². The highest BCUT2D eigenvalue weighted by atomic mass is 28.3. The van der Waals surface area contributed by atoms with Gasteiger partial charge in [-0.15, -0.1) is 0 Å². The molecular weight excluding hydrogens is 765 g/mol. The van der Waals surface area contributed by atoms with Crippen LogP contribution in [0.15, 0.2) is 191 Å². The van der Waals surface area contributed by atoms with Crippen LogP contribution in [0.2, 0.25) is 39.3 Å². The Morgan fingerprint density at radius 2 is 0.633 bits per heavy atom. The van der Waals surface area contributed by atoms with E-state index in [1.54, 1.807) is 0 Å². The highest BCUT2D eigenvalue weighted by Crippen LogP contribution is 2.44. The normalized spacial score (nSPS) is 12.2. The number of para-hydroxylation sites is 4. The number of furan rings is 2. The van der Waals surface area contributed by atoms with E-state index in [-0.39, 0.29) is 0 Å². The van der Waals surface area contributed by atoms with Crippen LogP contribution in [0.3, 0.4) is 0 Å². The molecule has 0 amide bonds. The standard InChI is InChI=1S/C54H48N2O2Si2/c1-59(2,3)43-33-29-41(30-34-43)55(49-17-11-15-47-45-13-7-9-19-51(45)57-53(47)49)39-25-21-37(22-26-39)38-23-27-40(28-24-38)56(42-31-35-44(36-32-42)60(4,5)6)50-18-12-16-48-46-14-8-10-20-52(46)58-54(48)50/h7-36H,1-6H3. The zero-order valence-corrected chi connectivity index (χ0v) is 37.0. The Balaban J connectivity index is 1.04. The number of fused-ring (bicyclic) bond motifs is 6. The summed E-state index contributed by atoms with van der Waals surface area (Å²) in [6.45, 7) is 14.4. The van der Waals surface area contributed by atoms with Crippen LogP contribution in [-0.4, -0.2) is 16.1 Å². The van der Waals surface area contributed by atoms with Gasteiger partial charge in [0.2, 0.25) is 0 Å². The van der Waals surface area contributed by atoms with Crippen molar-refractivity contribution in [2.45, 2.75) is 39.3 Å². The van der Waals surface area contributed by atoms with Crippen LogP contribution in [0.5, 0.6) is 0 Å². The van der Waals surface area contributed by atoms with E-state index < -0.39 is 16.1 Å². The lowest BCUT2D eigenvalue weighted by Crippen LogP contribution is -2.37. The third-order valence-corrected chi connectivity index (χ3v) is 15.9. The summed E-state index contributed by atoms with van der Waals surface area (Å²) in [5, 5.41) is 7.34. The molecule has 2 heterocycles. The van der Waals surface area contributed by atoms with Crippen LogP contribution in [-0.2, 0) is 0 Å². The molecule has 0 fully saturated rings. The van der Waals surface area contributed by atoms with Crippen molar-refractivity contribution in [2.75, 3.05) is 9.80 Å². The predicted molar refractivity (Wildman–Crippen MR) is 262 cm³/mol. The fraction of sp³-hybridized carbons (Fsp3) is 0.111. The number of anilines is 6. The van der Waals surface area contributed by atoms with E-state index in [4.69, 9.17) is 8.83 Å². The van der Waals surface area contributed by atoms with E-state index in [1.165, 1.54) is 10.4 Å². The average molecular weight is 813 g/mol. The lowest BCUT2D eigenvalue weighted by Gasteiger charge is -2.27. The topological polar surface area (TPSA) is 32.8 Å². The van der Waals surface area contributed by atoms with E-state index in [1.807, 2.05) is 12.1 Å². The minimum Gasteiger partial charge on any atom is -0.454 e. The Morgan fingerprint density at radius 3 is 0.983 bits per heavy atom. The molecule has 8 aromatic carbocycles. The van der Waals surface area contributed by atoms with Crippen LogP contribution >= 0.6 is 0 Å². The Labute approximate surface area is 354 Å². The van der Waals surface area contributed by atoms with Crippen LogP contribution < -0.4 is 20.2 Å². The molecule has 10 aromatic rings. The zero-order chi connectivity index (χ0) is 41.2. The second-order valence-electron chi connectivity index (χ2n) is 17.9. The summed E-state index contributed by atoms with van der Waals surface area (Å²) in [4.78, 5) is 4.66. The van der Waals surface area contributed by atoms with Crippen molar-refractivity contribution in [3.8, 4) is 11.1 Å². The summed E-state index contributed by atoms with van der Waals surface area (Å²) in [5.41, 5.74) is 12.2. The van der Waals surface area contributed by atoms with Gasteiger partial charge in [-0.25, -0.2) is 0 Å². The van der Waals surface area contributed by atoms with E-state index in [9.17, 15) is 0 Å². The number of hydrogen-bond acceptors (Lipinski definition) is 4. The van der Waals surface area contributed by atoms with Gasteiger partial charge in [-0.2, -0.15) is 0 Å². The summed E-state index contributed by atoms with van der Waals surface area (Å²) < 4.78 is 13.2. The minimum absolute atomic E-state index is 0.880. The van der Waals surface area contributed by atoms with Crippen LogP contribution in [0, 0.1) is 0 Å². The van der Waals surface area contributed by atoms with Crippen molar-refractivity contribution in [3.05, 3.63) is 182 Å². The maximum absolute atomic E-state index is 6.59. The smallest absolute Gasteiger partial charge is 0.159 e. The molecule has 0 saturated carbocycles. The highest BCUT2D eigenvalue weighted by molar-refractivity contribution is 6.89. The third-order valence-electron chi connectivity index (χ3n) is 11.8. The SMILES string of the molecule is C[Si](C)(C)c1ccc(N(c2ccc(-c3ccc(N(c4ccc([Si](C)(C)C)cc4)c4cccc5c4oc4ccccc45)cc3)cc2)c2cccc3c2oc2ccccc23)cc1. The van der Waals surface area contributed by atoms with E-state index >= 15 is 0 Å². The molecule has 0 aliphatic carbocycles. The summed E-state index contributed by atoms with van der Waals surface area (Å²) in [6.07, 6.45) is 0. The van der Waals surface area contributed by atoms with Crippen molar-refractivity contribution in [2.24, 2.45) is 0 Å². The van der Waals surface area contributed by atoms with Crippen LogP contribution in [0.1, 0.15) is 0 Å². The maximum atomic E-state index is 6.59. The Hall–Kier alpha value is -6.61. The van der Waals surface area contributed by atoms with Crippen molar-refractivity contribution in [3.63, 3.8) is 0 Å². The van der Waals surface area contributed by atoms with Gasteiger partial charge in [0.25, 0.3) is 0 Å². The summed E-state index contributed by atoms with van der Waals surface area (Å²) in [5.74, 6) is 0. The molecule has 60 heavy (non-hydrogen) atoms. The lowest BCUT2D eigenvalue weighted by atomic mass is 10.0. The molecule has 0 unspecified atom stereocenters. The van der Waals surface area contributed by atoms with Gasteiger partial charge in [0.1, 0.15) is 11.2 Å². The molecule has 0 N–H and O–H groups in total. The molecule has 294 valence electrons. The molecule has 0 bridgehead atoms. The molecule has 10 rings (SSSR count). The second kappa shape index (κ2) is 14.6. The third kappa shape index (κ3) is 6.72. The van der Waals surface area contributed by atoms with Gasteiger partial charge in [-0.05, 0) is 83.9 Å². The first kappa shape index (κ1) is 37.7. The Morgan fingerprint density at radius 1 is 0.317 bits per heavy atom. The first-order valence-electron chi connectivity index (χ1n) is 20.8. The van der Waals surface area contributed by atoms with E-state index in [2.05, 4.69) is 219 Å². The largest absolute Gasteiger partial charge is 0.454 e. The number of rotatable bonds is 9. The quantitative estimate of drug-likeness (QED) is 0.136. The minimum atomic E-state index is -1.48. The molecule has 4 nitrogen and oxygen atoms in total. The number of nitrogens with zero attached hydrogens (tertiary/aromatic N) is 2. The summed E-state index contributed by atoms with van der Waals surface area (Å²) >= 11 is 0. The fourth-order valence-electron chi connectivity index (χ4n) is 8.50. The number of hydrogen-bond donors (Lipinski definition) is 0. The maximum Gasteiger partial charge on any atom is 0.159 e. The summed E-state index contributed by atoms with van der Waals surface area (Å²) in [6, 6.07) is 65.6.